The molecule has 0 saturated carbocycles. The van der Waals surface area contributed by atoms with Crippen molar-refractivity contribution in [1.29, 1.82) is 0 Å². The number of aryl methyl sites for hydroxylation is 2. The third kappa shape index (κ3) is 9.36. The number of phenolic OH excluding ortho intramolecular Hbond substituents is 1. The molecule has 0 aliphatic carbocycles. The van der Waals surface area contributed by atoms with Gasteiger partial charge in [0, 0.05) is 19.0 Å². The van der Waals surface area contributed by atoms with Gasteiger partial charge >= 0.3 is 6.09 Å². The molecule has 2 aromatic carbocycles. The number of amides is 3. The summed E-state index contributed by atoms with van der Waals surface area (Å²) in [5.74, 6) is -0.954. The van der Waals surface area contributed by atoms with Crippen molar-refractivity contribution < 1.29 is 24.2 Å². The zero-order valence-corrected chi connectivity index (χ0v) is 23.8. The van der Waals surface area contributed by atoms with Gasteiger partial charge in [-0.05, 0) is 75.4 Å². The number of nitrogens with zero attached hydrogens (tertiary/aromatic N) is 1. The molecule has 0 aromatic heterocycles. The fraction of sp³-hybridized carbons (Fsp3) is 0.452. The number of aromatic hydroxyl groups is 1. The summed E-state index contributed by atoms with van der Waals surface area (Å²) >= 11 is 0. The molecule has 0 fully saturated rings. The highest BCUT2D eigenvalue weighted by Crippen LogP contribution is 2.28. The number of unbranched alkanes of at least 4 members (excludes halogenated alkanes) is 2. The van der Waals surface area contributed by atoms with Gasteiger partial charge in [-0.25, -0.2) is 4.79 Å². The quantitative estimate of drug-likeness (QED) is 0.215. The molecule has 2 rings (SSSR count). The second-order valence-electron chi connectivity index (χ2n) is 10.6. The van der Waals surface area contributed by atoms with Gasteiger partial charge in [-0.2, -0.15) is 0 Å². The minimum Gasteiger partial charge on any atom is -0.508 e. The lowest BCUT2D eigenvalue weighted by Gasteiger charge is -2.32. The van der Waals surface area contributed by atoms with Gasteiger partial charge in [0.05, 0.1) is 0 Å². The Labute approximate surface area is 232 Å². The molecule has 210 valence electrons. The van der Waals surface area contributed by atoms with Crippen molar-refractivity contribution in [3.05, 3.63) is 64.7 Å². The molecule has 0 spiro atoms. The Bertz CT molecular complexity index is 1160. The lowest BCUT2D eigenvalue weighted by Crippen LogP contribution is -2.52. The Morgan fingerprint density at radius 3 is 2.21 bits per heavy atom. The van der Waals surface area contributed by atoms with Crippen LogP contribution < -0.4 is 10.6 Å². The molecule has 0 aliphatic rings. The van der Waals surface area contributed by atoms with Crippen molar-refractivity contribution in [3.8, 4) is 18.2 Å². The maximum absolute atomic E-state index is 14.0. The van der Waals surface area contributed by atoms with Crippen LogP contribution in [0.3, 0.4) is 0 Å². The molecule has 39 heavy (non-hydrogen) atoms. The van der Waals surface area contributed by atoms with Gasteiger partial charge in [-0.1, -0.05) is 56.5 Å². The van der Waals surface area contributed by atoms with E-state index in [1.807, 2.05) is 32.0 Å². The Morgan fingerprint density at radius 1 is 1.05 bits per heavy atom. The third-order valence-electron chi connectivity index (χ3n) is 6.14. The predicted octanol–water partition coefficient (Wildman–Crippen LogP) is 4.91. The van der Waals surface area contributed by atoms with E-state index in [9.17, 15) is 19.5 Å². The van der Waals surface area contributed by atoms with E-state index in [0.29, 0.717) is 17.7 Å². The van der Waals surface area contributed by atoms with E-state index in [-0.39, 0.29) is 12.2 Å². The lowest BCUT2D eigenvalue weighted by atomic mass is 9.93. The lowest BCUT2D eigenvalue weighted by molar-refractivity contribution is -0.138. The number of rotatable bonds is 11. The minimum absolute atomic E-state index is 0.0636. The summed E-state index contributed by atoms with van der Waals surface area (Å²) in [5.41, 5.74) is 2.14. The number of terminal acetylenes is 1. The van der Waals surface area contributed by atoms with Gasteiger partial charge in [0.2, 0.25) is 5.91 Å². The zero-order valence-electron chi connectivity index (χ0n) is 23.8. The first kappa shape index (κ1) is 31.2. The largest absolute Gasteiger partial charge is 0.508 e. The first-order valence-electron chi connectivity index (χ1n) is 13.3. The Kier molecular flexibility index (Phi) is 11.4. The van der Waals surface area contributed by atoms with Crippen molar-refractivity contribution in [2.24, 2.45) is 0 Å². The van der Waals surface area contributed by atoms with Crippen LogP contribution in [0, 0.1) is 26.3 Å². The van der Waals surface area contributed by atoms with E-state index in [2.05, 4.69) is 23.6 Å². The summed E-state index contributed by atoms with van der Waals surface area (Å²) in [6.07, 6.45) is 7.94. The smallest absolute Gasteiger partial charge is 0.408 e. The van der Waals surface area contributed by atoms with Gasteiger partial charge in [0.1, 0.15) is 23.4 Å². The standard InChI is InChI=1S/C31H41N3O5/c1-8-10-11-19-32-28(36)27(26-21(3)13-12-14-22(26)4)34(9-2)29(37)25(33-30(38)39-31(5,6)7)20-23-15-17-24(35)18-16-23/h2,12-18,25,27,35H,8,10-11,19-20H2,1,3-7H3,(H,32,36)(H,33,38). The van der Waals surface area contributed by atoms with Crippen LogP contribution in [0.5, 0.6) is 5.75 Å². The highest BCUT2D eigenvalue weighted by atomic mass is 16.6. The highest BCUT2D eigenvalue weighted by Gasteiger charge is 2.37. The van der Waals surface area contributed by atoms with E-state index in [1.54, 1.807) is 32.9 Å². The van der Waals surface area contributed by atoms with E-state index in [4.69, 9.17) is 11.2 Å². The zero-order chi connectivity index (χ0) is 29.2. The second kappa shape index (κ2) is 14.2. The van der Waals surface area contributed by atoms with Gasteiger partial charge in [-0.3, -0.25) is 14.5 Å². The number of hydrogen-bond donors (Lipinski definition) is 3. The van der Waals surface area contributed by atoms with Crippen molar-refractivity contribution in [1.82, 2.24) is 15.5 Å². The number of phenols is 1. The summed E-state index contributed by atoms with van der Waals surface area (Å²) in [4.78, 5) is 41.5. The Hall–Kier alpha value is -3.99. The molecular formula is C31H41N3O5. The number of hydrogen-bond acceptors (Lipinski definition) is 5. The fourth-order valence-corrected chi connectivity index (χ4v) is 4.27. The number of nitrogens with one attached hydrogen (secondary N) is 2. The SMILES string of the molecule is C#CN(C(=O)C(Cc1ccc(O)cc1)NC(=O)OC(C)(C)C)C(C(=O)NCCCCC)c1c(C)cccc1C. The van der Waals surface area contributed by atoms with Crippen LogP contribution in [0.1, 0.15) is 75.3 Å². The number of benzene rings is 2. The fourth-order valence-electron chi connectivity index (χ4n) is 4.27. The molecular weight excluding hydrogens is 494 g/mol. The van der Waals surface area contributed by atoms with E-state index in [0.717, 1.165) is 35.3 Å². The van der Waals surface area contributed by atoms with E-state index < -0.39 is 35.6 Å². The number of carbonyl (C=O) groups is 3. The highest BCUT2D eigenvalue weighted by molar-refractivity contribution is 5.93. The normalized spacial score (nSPS) is 12.5. The topological polar surface area (TPSA) is 108 Å². The monoisotopic (exact) mass is 535 g/mol. The molecule has 2 aromatic rings. The van der Waals surface area contributed by atoms with E-state index >= 15 is 0 Å². The van der Waals surface area contributed by atoms with Crippen molar-refractivity contribution in [2.45, 2.75) is 84.9 Å². The van der Waals surface area contributed by atoms with Gasteiger partial charge in [0.25, 0.3) is 5.91 Å². The summed E-state index contributed by atoms with van der Waals surface area (Å²) < 4.78 is 5.40. The maximum atomic E-state index is 14.0. The van der Waals surface area contributed by atoms with Crippen LogP contribution in [0.15, 0.2) is 42.5 Å². The van der Waals surface area contributed by atoms with Crippen molar-refractivity contribution >= 4 is 17.9 Å². The predicted molar refractivity (Wildman–Crippen MR) is 152 cm³/mol. The average Bonchev–Trinajstić information content (AvgIpc) is 2.85. The van der Waals surface area contributed by atoms with E-state index in [1.165, 1.54) is 12.1 Å². The molecule has 3 amide bonds. The molecule has 2 atom stereocenters. The number of alkyl carbamates (subject to hydrolysis) is 1. The molecule has 0 bridgehead atoms. The van der Waals surface area contributed by atoms with Crippen LogP contribution in [-0.2, 0) is 20.7 Å². The van der Waals surface area contributed by atoms with Crippen molar-refractivity contribution in [3.63, 3.8) is 0 Å². The molecule has 3 N–H and O–H groups in total. The maximum Gasteiger partial charge on any atom is 0.408 e. The van der Waals surface area contributed by atoms with Crippen LogP contribution in [0.25, 0.3) is 0 Å². The molecule has 2 unspecified atom stereocenters. The first-order chi connectivity index (χ1) is 18.4. The molecule has 0 heterocycles. The van der Waals surface area contributed by atoms with Crippen LogP contribution in [0.4, 0.5) is 4.79 Å². The third-order valence-corrected chi connectivity index (χ3v) is 6.14. The Morgan fingerprint density at radius 2 is 1.67 bits per heavy atom. The molecule has 8 heteroatoms. The molecule has 0 saturated heterocycles. The van der Waals surface area contributed by atoms with Gasteiger partial charge in [0.15, 0.2) is 0 Å². The first-order valence-corrected chi connectivity index (χ1v) is 13.3. The van der Waals surface area contributed by atoms with Gasteiger partial charge < -0.3 is 20.5 Å². The minimum atomic E-state index is -1.14. The summed E-state index contributed by atoms with van der Waals surface area (Å²) in [5, 5.41) is 15.3. The Balaban J connectivity index is 2.50. The number of carbonyl (C=O) groups excluding carboxylic acids is 3. The summed E-state index contributed by atoms with van der Waals surface area (Å²) in [6.45, 7) is 11.4. The molecule has 0 aliphatic heterocycles. The van der Waals surface area contributed by atoms with Crippen LogP contribution >= 0.6 is 0 Å². The van der Waals surface area contributed by atoms with Gasteiger partial charge in [-0.15, -0.1) is 0 Å². The molecule has 8 nitrogen and oxygen atoms in total. The number of ether oxygens (including phenoxy) is 1. The summed E-state index contributed by atoms with van der Waals surface area (Å²) in [7, 11) is 0. The summed E-state index contributed by atoms with van der Waals surface area (Å²) in [6, 6.07) is 12.1. The second-order valence-corrected chi connectivity index (χ2v) is 10.6. The van der Waals surface area contributed by atoms with Crippen LogP contribution in [-0.4, -0.2) is 46.1 Å². The van der Waals surface area contributed by atoms with Crippen molar-refractivity contribution in [2.75, 3.05) is 6.54 Å². The molecule has 0 radical (unpaired) electrons. The van der Waals surface area contributed by atoms with Crippen LogP contribution in [0.2, 0.25) is 0 Å². The average molecular weight is 536 g/mol.